The van der Waals surface area contributed by atoms with Crippen LogP contribution in [0.15, 0.2) is 47.5 Å². The first kappa shape index (κ1) is 54.3. The number of aromatic nitrogens is 1. The summed E-state index contributed by atoms with van der Waals surface area (Å²) < 4.78 is 35.2. The number of pyridine rings is 1. The van der Waals surface area contributed by atoms with E-state index in [0.717, 1.165) is 38.5 Å². The smallest absolute Gasteiger partial charge is 0.263 e. The fraction of sp³-hybridized carbons (Fsp3) is 0.698. The van der Waals surface area contributed by atoms with Crippen LogP contribution in [0.25, 0.3) is 10.8 Å². The minimum absolute atomic E-state index is 0.0493. The summed E-state index contributed by atoms with van der Waals surface area (Å²) in [5.74, 6) is -0.294. The van der Waals surface area contributed by atoms with Crippen LogP contribution in [0.3, 0.4) is 0 Å². The average Bonchev–Trinajstić information content (AvgIpc) is 3.28. The van der Waals surface area contributed by atoms with Gasteiger partial charge in [0.1, 0.15) is 10.6 Å². The van der Waals surface area contributed by atoms with Gasteiger partial charge in [-0.25, -0.2) is 13.4 Å². The molecule has 2 N–H and O–H groups in total. The molecule has 0 radical (unpaired) electrons. The van der Waals surface area contributed by atoms with Gasteiger partial charge in [0.2, 0.25) is 0 Å². The van der Waals surface area contributed by atoms with Crippen molar-refractivity contribution in [2.24, 2.45) is 0 Å². The fourth-order valence-corrected chi connectivity index (χ4v) is 9.91. The second-order valence-electron chi connectivity index (χ2n) is 18.0. The third-order valence-corrected chi connectivity index (χ3v) is 14.3. The summed E-state index contributed by atoms with van der Waals surface area (Å²) in [5.41, 5.74) is 0.289. The Morgan fingerprint density at radius 2 is 1.00 bits per heavy atom. The van der Waals surface area contributed by atoms with Crippen molar-refractivity contribution in [3.8, 4) is 11.5 Å². The highest BCUT2D eigenvalue weighted by Gasteiger charge is 2.25. The first-order chi connectivity index (χ1) is 30.7. The molecular formula is C53H86ClN3O5S. The number of phenolic OH excluding ortho intramolecular Hbond substituents is 1. The molecule has 0 aliphatic heterocycles. The third-order valence-electron chi connectivity index (χ3n) is 12.7. The zero-order valence-corrected chi connectivity index (χ0v) is 41.4. The Labute approximate surface area is 389 Å². The lowest BCUT2D eigenvalue weighted by Crippen LogP contribution is -2.33. The number of methoxy groups -OCH3 is 1. The van der Waals surface area contributed by atoms with E-state index in [2.05, 4.69) is 23.6 Å². The number of ether oxygens (including phenoxy) is 1. The van der Waals surface area contributed by atoms with Crippen LogP contribution in [0.1, 0.15) is 230 Å². The molecule has 0 saturated carbocycles. The summed E-state index contributed by atoms with van der Waals surface area (Å²) >= 11 is 6.09. The summed E-state index contributed by atoms with van der Waals surface area (Å²) in [5, 5.41) is 12.5. The molecule has 0 spiro atoms. The van der Waals surface area contributed by atoms with E-state index in [1.54, 1.807) is 24.3 Å². The summed E-state index contributed by atoms with van der Waals surface area (Å²) in [6, 6.07) is 9.77. The van der Waals surface area contributed by atoms with Crippen molar-refractivity contribution < 1.29 is 23.1 Å². The number of hydrogen-bond acceptors (Lipinski definition) is 6. The highest BCUT2D eigenvalue weighted by atomic mass is 35.5. The number of rotatable bonds is 39. The molecular weight excluding hydrogens is 826 g/mol. The SMILES string of the molecule is CCCCCCCCCCCCCCCCCCN(CCCCCCCCCCCCCCCCCC)C(=O)c1cc(NS(=O)(=O)c2cnc(Cl)c(OC)c2)c2ccccc2c1O. The van der Waals surface area contributed by atoms with E-state index in [4.69, 9.17) is 16.3 Å². The zero-order valence-electron chi connectivity index (χ0n) is 39.8. The second-order valence-corrected chi connectivity index (χ2v) is 20.1. The monoisotopic (exact) mass is 912 g/mol. The van der Waals surface area contributed by atoms with E-state index in [1.807, 2.05) is 4.90 Å². The lowest BCUT2D eigenvalue weighted by atomic mass is 10.0. The summed E-state index contributed by atoms with van der Waals surface area (Å²) in [6.07, 6.45) is 42.3. The van der Waals surface area contributed by atoms with Crippen molar-refractivity contribution >= 4 is 44.0 Å². The van der Waals surface area contributed by atoms with E-state index in [1.165, 1.54) is 192 Å². The number of amides is 1. The van der Waals surface area contributed by atoms with Gasteiger partial charge in [-0.2, -0.15) is 0 Å². The minimum Gasteiger partial charge on any atom is -0.506 e. The molecule has 1 heterocycles. The number of phenols is 1. The lowest BCUT2D eigenvalue weighted by Gasteiger charge is -2.24. The number of sulfonamides is 1. The van der Waals surface area contributed by atoms with Gasteiger partial charge in [0.05, 0.1) is 18.4 Å². The summed E-state index contributed by atoms with van der Waals surface area (Å²) in [7, 11) is -2.77. The highest BCUT2D eigenvalue weighted by molar-refractivity contribution is 7.92. The molecule has 3 aromatic rings. The topological polar surface area (TPSA) is 109 Å². The van der Waals surface area contributed by atoms with Crippen molar-refractivity contribution in [1.29, 1.82) is 0 Å². The maximum Gasteiger partial charge on any atom is 0.263 e. The highest BCUT2D eigenvalue weighted by Crippen LogP contribution is 2.37. The number of benzene rings is 2. The molecule has 0 fully saturated rings. The van der Waals surface area contributed by atoms with Crippen LogP contribution in [-0.2, 0) is 10.0 Å². The molecule has 0 bridgehead atoms. The van der Waals surface area contributed by atoms with E-state index < -0.39 is 10.0 Å². The number of carbonyl (C=O) groups is 1. The van der Waals surface area contributed by atoms with Gasteiger partial charge in [0.25, 0.3) is 15.9 Å². The van der Waals surface area contributed by atoms with Crippen molar-refractivity contribution in [1.82, 2.24) is 9.88 Å². The number of carbonyl (C=O) groups excluding carboxylic acids is 1. The van der Waals surface area contributed by atoms with Gasteiger partial charge < -0.3 is 14.7 Å². The largest absolute Gasteiger partial charge is 0.506 e. The molecule has 356 valence electrons. The van der Waals surface area contributed by atoms with Gasteiger partial charge in [-0.15, -0.1) is 0 Å². The first-order valence-corrected chi connectivity index (χ1v) is 27.4. The van der Waals surface area contributed by atoms with E-state index in [-0.39, 0.29) is 38.7 Å². The van der Waals surface area contributed by atoms with Crippen LogP contribution >= 0.6 is 11.6 Å². The first-order valence-electron chi connectivity index (χ1n) is 25.5. The van der Waals surface area contributed by atoms with Gasteiger partial charge in [-0.1, -0.05) is 242 Å². The van der Waals surface area contributed by atoms with Crippen LogP contribution in [0.5, 0.6) is 11.5 Å². The van der Waals surface area contributed by atoms with Crippen LogP contribution < -0.4 is 9.46 Å². The number of fused-ring (bicyclic) bond motifs is 1. The molecule has 1 amide bonds. The van der Waals surface area contributed by atoms with Gasteiger partial charge in [0, 0.05) is 36.1 Å². The molecule has 3 rings (SSSR count). The number of unbranched alkanes of at least 4 members (excludes halogenated alkanes) is 30. The predicted octanol–water partition coefficient (Wildman–Crippen LogP) is 16.4. The second kappa shape index (κ2) is 33.4. The quantitative estimate of drug-likeness (QED) is 0.0335. The molecule has 8 nitrogen and oxygen atoms in total. The summed E-state index contributed by atoms with van der Waals surface area (Å²) in [6.45, 7) is 5.74. The Morgan fingerprint density at radius 1 is 0.619 bits per heavy atom. The van der Waals surface area contributed by atoms with Gasteiger partial charge in [-0.3, -0.25) is 9.52 Å². The van der Waals surface area contributed by atoms with Crippen molar-refractivity contribution in [2.45, 2.75) is 224 Å². The Balaban J connectivity index is 1.55. The van der Waals surface area contributed by atoms with Crippen molar-refractivity contribution in [3.05, 3.63) is 53.3 Å². The fourth-order valence-electron chi connectivity index (χ4n) is 8.70. The Hall–Kier alpha value is -3.04. The molecule has 0 atom stereocenters. The van der Waals surface area contributed by atoms with Crippen molar-refractivity contribution in [2.75, 3.05) is 24.9 Å². The average molecular weight is 913 g/mol. The molecule has 10 heteroatoms. The summed E-state index contributed by atoms with van der Waals surface area (Å²) in [4.78, 5) is 20.2. The third kappa shape index (κ3) is 21.7. The maximum atomic E-state index is 14.4. The van der Waals surface area contributed by atoms with E-state index >= 15 is 0 Å². The molecule has 63 heavy (non-hydrogen) atoms. The lowest BCUT2D eigenvalue weighted by molar-refractivity contribution is 0.0746. The number of aromatic hydroxyl groups is 1. The number of nitrogens with one attached hydrogen (secondary N) is 1. The number of halogens is 1. The Morgan fingerprint density at radius 3 is 1.40 bits per heavy atom. The molecule has 0 saturated heterocycles. The number of hydrogen-bond donors (Lipinski definition) is 2. The van der Waals surface area contributed by atoms with Gasteiger partial charge >= 0.3 is 0 Å². The molecule has 1 aromatic heterocycles. The van der Waals surface area contributed by atoms with Gasteiger partial charge in [0.15, 0.2) is 10.9 Å². The Bertz CT molecular complexity index is 1750. The van der Waals surface area contributed by atoms with E-state index in [0.29, 0.717) is 23.9 Å². The molecule has 0 unspecified atom stereocenters. The Kier molecular flexibility index (Phi) is 28.8. The van der Waals surface area contributed by atoms with Crippen LogP contribution in [0.4, 0.5) is 5.69 Å². The van der Waals surface area contributed by atoms with Crippen LogP contribution in [0.2, 0.25) is 5.15 Å². The van der Waals surface area contributed by atoms with Crippen molar-refractivity contribution in [3.63, 3.8) is 0 Å². The van der Waals surface area contributed by atoms with E-state index in [9.17, 15) is 18.3 Å². The maximum absolute atomic E-state index is 14.4. The number of anilines is 1. The van der Waals surface area contributed by atoms with Crippen LogP contribution in [-0.4, -0.2) is 49.5 Å². The predicted molar refractivity (Wildman–Crippen MR) is 267 cm³/mol. The molecule has 2 aromatic carbocycles. The van der Waals surface area contributed by atoms with Gasteiger partial charge in [-0.05, 0) is 18.9 Å². The number of nitrogens with zero attached hydrogens (tertiary/aromatic N) is 2. The standard InChI is InChI=1S/C53H86ClN3O5S/c1-4-6-8-10-12-14-16-18-20-22-24-26-28-30-32-36-40-57(41-37-33-31-29-27-25-23-21-19-17-15-13-11-9-7-5-2)53(59)48-43-49(46-38-34-35-39-47(46)51(48)58)56-63(60,61)45-42-50(62-3)52(54)55-44-45/h34-35,38-39,42-44,56,58H,4-33,36-37,40-41H2,1-3H3. The zero-order chi connectivity index (χ0) is 45.4. The van der Waals surface area contributed by atoms with Crippen LogP contribution in [0, 0.1) is 0 Å². The normalized spacial score (nSPS) is 11.7. The molecule has 0 aliphatic rings. The minimum atomic E-state index is -4.16. The molecule has 0 aliphatic carbocycles.